The summed E-state index contributed by atoms with van der Waals surface area (Å²) in [5.41, 5.74) is 5.82. The molecule has 1 amide bonds. The molecular weight excluding hydrogens is 246 g/mol. The molecule has 0 bridgehead atoms. The Hall–Kier alpha value is -2.22. The van der Waals surface area contributed by atoms with Crippen LogP contribution < -0.4 is 11.1 Å². The minimum absolute atomic E-state index is 0.196. The monoisotopic (exact) mass is 263 g/mol. The van der Waals surface area contributed by atoms with Gasteiger partial charge in [-0.25, -0.2) is 4.98 Å². The number of nitrogens with one attached hydrogen (secondary N) is 1. The molecule has 2 heterocycles. The van der Waals surface area contributed by atoms with Gasteiger partial charge in [0, 0.05) is 39.3 Å². The Morgan fingerprint density at radius 3 is 3.00 bits per heavy atom. The van der Waals surface area contributed by atoms with Gasteiger partial charge in [-0.2, -0.15) is 0 Å². The highest BCUT2D eigenvalue weighted by Gasteiger charge is 2.09. The van der Waals surface area contributed by atoms with E-state index in [-0.39, 0.29) is 5.91 Å². The third kappa shape index (κ3) is 3.38. The molecule has 0 aliphatic heterocycles. The molecule has 3 N–H and O–H groups in total. The van der Waals surface area contributed by atoms with Crippen molar-refractivity contribution in [3.63, 3.8) is 0 Å². The Morgan fingerprint density at radius 1 is 1.47 bits per heavy atom. The van der Waals surface area contributed by atoms with Gasteiger partial charge in [0.15, 0.2) is 0 Å². The molecule has 0 spiro atoms. The maximum absolute atomic E-state index is 11.8. The van der Waals surface area contributed by atoms with Crippen molar-refractivity contribution in [3.05, 3.63) is 30.4 Å². The van der Waals surface area contributed by atoms with Crippen LogP contribution in [0, 0.1) is 0 Å². The van der Waals surface area contributed by atoms with Crippen molar-refractivity contribution in [1.82, 2.24) is 29.6 Å². The fourth-order valence-electron chi connectivity index (χ4n) is 1.66. The minimum Gasteiger partial charge on any atom is -0.350 e. The van der Waals surface area contributed by atoms with Gasteiger partial charge in [0.05, 0.1) is 6.33 Å². The molecule has 0 fully saturated rings. The molecule has 0 saturated carbocycles. The summed E-state index contributed by atoms with van der Waals surface area (Å²) in [5, 5.41) is 10.5. The van der Waals surface area contributed by atoms with Gasteiger partial charge in [-0.3, -0.25) is 4.79 Å². The smallest absolute Gasteiger partial charge is 0.271 e. The molecule has 0 atom stereocenters. The second-order valence-electron chi connectivity index (χ2n) is 4.15. The number of hydrogen-bond donors (Lipinski definition) is 2. The molecule has 0 aromatic carbocycles. The van der Waals surface area contributed by atoms with E-state index in [2.05, 4.69) is 20.5 Å². The van der Waals surface area contributed by atoms with Crippen LogP contribution in [0.5, 0.6) is 0 Å². The van der Waals surface area contributed by atoms with Crippen LogP contribution in [0.25, 0.3) is 0 Å². The summed E-state index contributed by atoms with van der Waals surface area (Å²) < 4.78 is 3.61. The molecule has 0 saturated heterocycles. The maximum atomic E-state index is 11.8. The van der Waals surface area contributed by atoms with E-state index in [4.69, 9.17) is 5.73 Å². The standard InChI is InChI=1S/C11H17N7O/c1-17-8-15-16-10(17)2-4-13-11(19)9-6-18(5-3-12)7-14-9/h6-8H,2-5,12H2,1H3,(H,13,19). The molecule has 2 aromatic rings. The maximum Gasteiger partial charge on any atom is 0.271 e. The van der Waals surface area contributed by atoms with Gasteiger partial charge < -0.3 is 20.2 Å². The van der Waals surface area contributed by atoms with Crippen LogP contribution in [0.2, 0.25) is 0 Å². The first-order valence-corrected chi connectivity index (χ1v) is 6.03. The molecule has 8 heteroatoms. The van der Waals surface area contributed by atoms with Gasteiger partial charge in [-0.15, -0.1) is 10.2 Å². The van der Waals surface area contributed by atoms with Gasteiger partial charge in [0.2, 0.25) is 0 Å². The van der Waals surface area contributed by atoms with E-state index in [0.717, 1.165) is 5.82 Å². The first kappa shape index (κ1) is 13.2. The lowest BCUT2D eigenvalue weighted by Crippen LogP contribution is -2.26. The Labute approximate surface area is 110 Å². The third-order valence-electron chi connectivity index (χ3n) is 2.69. The number of carbonyl (C=O) groups excluding carboxylic acids is 1. The zero-order valence-corrected chi connectivity index (χ0v) is 10.8. The fraction of sp³-hybridized carbons (Fsp3) is 0.455. The predicted octanol–water partition coefficient (Wildman–Crippen LogP) is -1.06. The van der Waals surface area contributed by atoms with Crippen molar-refractivity contribution in [2.45, 2.75) is 13.0 Å². The summed E-state index contributed by atoms with van der Waals surface area (Å²) in [6, 6.07) is 0. The zero-order chi connectivity index (χ0) is 13.7. The lowest BCUT2D eigenvalue weighted by atomic mass is 10.3. The normalized spacial score (nSPS) is 10.6. The first-order valence-electron chi connectivity index (χ1n) is 6.03. The third-order valence-corrected chi connectivity index (χ3v) is 2.69. The van der Waals surface area contributed by atoms with Crippen molar-refractivity contribution in [2.24, 2.45) is 12.8 Å². The molecule has 19 heavy (non-hydrogen) atoms. The van der Waals surface area contributed by atoms with Gasteiger partial charge >= 0.3 is 0 Å². The molecule has 8 nitrogen and oxygen atoms in total. The lowest BCUT2D eigenvalue weighted by Gasteiger charge is -2.02. The van der Waals surface area contributed by atoms with Crippen LogP contribution >= 0.6 is 0 Å². The van der Waals surface area contributed by atoms with E-state index in [1.165, 1.54) is 0 Å². The summed E-state index contributed by atoms with van der Waals surface area (Å²) in [7, 11) is 1.87. The van der Waals surface area contributed by atoms with E-state index in [9.17, 15) is 4.79 Å². The summed E-state index contributed by atoms with van der Waals surface area (Å²) in [6.07, 6.45) is 5.55. The highest BCUT2D eigenvalue weighted by molar-refractivity contribution is 5.91. The number of hydrogen-bond acceptors (Lipinski definition) is 5. The highest BCUT2D eigenvalue weighted by Crippen LogP contribution is 1.97. The van der Waals surface area contributed by atoms with E-state index in [1.54, 1.807) is 23.4 Å². The highest BCUT2D eigenvalue weighted by atomic mass is 16.1. The first-order chi connectivity index (χ1) is 9.20. The quantitative estimate of drug-likeness (QED) is 0.691. The molecule has 2 rings (SSSR count). The zero-order valence-electron chi connectivity index (χ0n) is 10.8. The minimum atomic E-state index is -0.196. The number of aromatic nitrogens is 5. The van der Waals surface area contributed by atoms with Crippen LogP contribution in [0.1, 0.15) is 16.3 Å². The van der Waals surface area contributed by atoms with Crippen LogP contribution in [0.4, 0.5) is 0 Å². The van der Waals surface area contributed by atoms with Crippen molar-refractivity contribution < 1.29 is 4.79 Å². The Balaban J connectivity index is 1.82. The molecule has 2 aromatic heterocycles. The van der Waals surface area contributed by atoms with E-state index < -0.39 is 0 Å². The van der Waals surface area contributed by atoms with Crippen LogP contribution in [-0.2, 0) is 20.0 Å². The number of rotatable bonds is 6. The molecular formula is C11H17N7O. The van der Waals surface area contributed by atoms with E-state index in [1.807, 2.05) is 11.6 Å². The second kappa shape index (κ2) is 6.10. The largest absolute Gasteiger partial charge is 0.350 e. The summed E-state index contributed by atoms with van der Waals surface area (Å²) in [5.74, 6) is 0.631. The van der Waals surface area contributed by atoms with Gasteiger partial charge in [-0.05, 0) is 0 Å². The summed E-state index contributed by atoms with van der Waals surface area (Å²) in [4.78, 5) is 15.8. The van der Waals surface area contributed by atoms with E-state index in [0.29, 0.717) is 31.7 Å². The topological polar surface area (TPSA) is 104 Å². The number of nitrogens with two attached hydrogens (primary N) is 1. The number of aryl methyl sites for hydroxylation is 1. The molecule has 0 radical (unpaired) electrons. The van der Waals surface area contributed by atoms with Crippen molar-refractivity contribution in [3.8, 4) is 0 Å². The van der Waals surface area contributed by atoms with E-state index >= 15 is 0 Å². The average molecular weight is 263 g/mol. The molecule has 0 aliphatic carbocycles. The Bertz CT molecular complexity index is 545. The molecule has 102 valence electrons. The number of amides is 1. The summed E-state index contributed by atoms with van der Waals surface area (Å²) >= 11 is 0. The van der Waals surface area contributed by atoms with Gasteiger partial charge in [0.1, 0.15) is 17.8 Å². The fourth-order valence-corrected chi connectivity index (χ4v) is 1.66. The summed E-state index contributed by atoms with van der Waals surface area (Å²) in [6.45, 7) is 1.66. The Kier molecular flexibility index (Phi) is 4.24. The van der Waals surface area contributed by atoms with Crippen molar-refractivity contribution in [2.75, 3.05) is 13.1 Å². The van der Waals surface area contributed by atoms with Gasteiger partial charge in [-0.1, -0.05) is 0 Å². The second-order valence-corrected chi connectivity index (χ2v) is 4.15. The van der Waals surface area contributed by atoms with Crippen molar-refractivity contribution in [1.29, 1.82) is 0 Å². The number of imidazole rings is 1. The van der Waals surface area contributed by atoms with Crippen LogP contribution in [-0.4, -0.2) is 43.3 Å². The van der Waals surface area contributed by atoms with Gasteiger partial charge in [0.25, 0.3) is 5.91 Å². The number of carbonyl (C=O) groups is 1. The lowest BCUT2D eigenvalue weighted by molar-refractivity contribution is 0.0949. The van der Waals surface area contributed by atoms with Crippen LogP contribution in [0.15, 0.2) is 18.9 Å². The van der Waals surface area contributed by atoms with Crippen LogP contribution in [0.3, 0.4) is 0 Å². The predicted molar refractivity (Wildman–Crippen MR) is 68.3 cm³/mol. The average Bonchev–Trinajstić information content (AvgIpc) is 3.00. The number of nitrogens with zero attached hydrogens (tertiary/aromatic N) is 5. The SMILES string of the molecule is Cn1cnnc1CCNC(=O)c1cn(CCN)cn1. The Morgan fingerprint density at radius 2 is 2.32 bits per heavy atom. The molecule has 0 unspecified atom stereocenters. The molecule has 0 aliphatic rings. The van der Waals surface area contributed by atoms with Crippen molar-refractivity contribution >= 4 is 5.91 Å².